The van der Waals surface area contributed by atoms with Gasteiger partial charge in [-0.1, -0.05) is 13.8 Å². The second-order valence-electron chi connectivity index (χ2n) is 8.47. The molecule has 2 aromatic rings. The Morgan fingerprint density at radius 2 is 1.74 bits per heavy atom. The molecule has 0 bridgehead atoms. The van der Waals surface area contributed by atoms with E-state index in [-0.39, 0.29) is 30.4 Å². The lowest BCUT2D eigenvalue weighted by molar-refractivity contribution is -0.137. The van der Waals surface area contributed by atoms with Crippen molar-refractivity contribution in [1.82, 2.24) is 15.2 Å². The number of carbonyl (C=O) groups is 1. The Kier molecular flexibility index (Phi) is 10.3. The molecule has 0 radical (unpaired) electrons. The van der Waals surface area contributed by atoms with Gasteiger partial charge in [0.25, 0.3) is 0 Å². The number of aromatic nitrogens is 1. The highest BCUT2D eigenvalue weighted by Crippen LogP contribution is 2.37. The van der Waals surface area contributed by atoms with Crippen LogP contribution in [0.25, 0.3) is 0 Å². The van der Waals surface area contributed by atoms with Crippen LogP contribution in [0.4, 0.5) is 29.3 Å². The Hall–Kier alpha value is -2.85. The lowest BCUT2D eigenvalue weighted by Crippen LogP contribution is -2.50. The molecular formula is C25H36F3N5O2. The molecule has 0 saturated carbocycles. The lowest BCUT2D eigenvalue weighted by Gasteiger charge is -2.41. The first-order chi connectivity index (χ1) is 16.6. The summed E-state index contributed by atoms with van der Waals surface area (Å²) in [5, 5.41) is 5.43. The zero-order valence-corrected chi connectivity index (χ0v) is 21.2. The summed E-state index contributed by atoms with van der Waals surface area (Å²) in [5.74, 6) is 0. The predicted molar refractivity (Wildman–Crippen MR) is 133 cm³/mol. The van der Waals surface area contributed by atoms with Crippen LogP contribution in [0.3, 0.4) is 0 Å². The summed E-state index contributed by atoms with van der Waals surface area (Å²) >= 11 is 0. The van der Waals surface area contributed by atoms with E-state index in [0.29, 0.717) is 18.9 Å². The third kappa shape index (κ3) is 7.57. The Labute approximate surface area is 205 Å². The number of pyridine rings is 1. The number of alkyl halides is 3. The van der Waals surface area contributed by atoms with E-state index in [1.54, 1.807) is 12.4 Å². The SMILES string of the molecule is CC.CC1COCC(C)N1c1ccc(C(F)(F)F)cc1NC(=O)NCC(c1ccncc1)N(C)C. The number of hydrogen-bond acceptors (Lipinski definition) is 5. The van der Waals surface area contributed by atoms with Gasteiger partial charge in [-0.05, 0) is 63.8 Å². The van der Waals surface area contributed by atoms with Crippen molar-refractivity contribution in [3.05, 3.63) is 53.9 Å². The molecule has 3 rings (SSSR count). The molecule has 2 heterocycles. The molecule has 3 unspecified atom stereocenters. The fourth-order valence-electron chi connectivity index (χ4n) is 4.06. The van der Waals surface area contributed by atoms with E-state index in [0.717, 1.165) is 17.7 Å². The number of hydrogen-bond donors (Lipinski definition) is 2. The van der Waals surface area contributed by atoms with Crippen molar-refractivity contribution >= 4 is 17.4 Å². The van der Waals surface area contributed by atoms with Gasteiger partial charge in [-0.2, -0.15) is 13.2 Å². The molecule has 2 amide bonds. The van der Waals surface area contributed by atoms with Crippen molar-refractivity contribution in [2.75, 3.05) is 44.1 Å². The number of halogens is 3. The quantitative estimate of drug-likeness (QED) is 0.579. The highest BCUT2D eigenvalue weighted by Gasteiger charge is 2.33. The first kappa shape index (κ1) is 28.4. The lowest BCUT2D eigenvalue weighted by atomic mass is 10.1. The normalized spacial score (nSPS) is 19.0. The van der Waals surface area contributed by atoms with Crippen LogP contribution in [0.15, 0.2) is 42.7 Å². The Balaban J connectivity index is 0.00000210. The number of nitrogens with one attached hydrogen (secondary N) is 2. The maximum Gasteiger partial charge on any atom is 0.416 e. The number of anilines is 2. The van der Waals surface area contributed by atoms with Gasteiger partial charge in [0.2, 0.25) is 0 Å². The van der Waals surface area contributed by atoms with Gasteiger partial charge >= 0.3 is 12.2 Å². The van der Waals surface area contributed by atoms with Gasteiger partial charge in [0.1, 0.15) is 0 Å². The Bertz CT molecular complexity index is 930. The van der Waals surface area contributed by atoms with Gasteiger partial charge in [0, 0.05) is 31.0 Å². The highest BCUT2D eigenvalue weighted by molar-refractivity contribution is 5.93. The zero-order valence-electron chi connectivity index (χ0n) is 21.2. The minimum Gasteiger partial charge on any atom is -0.377 e. The van der Waals surface area contributed by atoms with E-state index in [1.165, 1.54) is 6.07 Å². The monoisotopic (exact) mass is 495 g/mol. The van der Waals surface area contributed by atoms with Crippen molar-refractivity contribution in [3.8, 4) is 0 Å². The van der Waals surface area contributed by atoms with Gasteiger partial charge in [0.15, 0.2) is 0 Å². The molecule has 194 valence electrons. The van der Waals surface area contributed by atoms with E-state index in [4.69, 9.17) is 4.74 Å². The smallest absolute Gasteiger partial charge is 0.377 e. The number of carbonyl (C=O) groups excluding carboxylic acids is 1. The molecule has 1 aliphatic heterocycles. The highest BCUT2D eigenvalue weighted by atomic mass is 19.4. The van der Waals surface area contributed by atoms with Crippen molar-refractivity contribution < 1.29 is 22.7 Å². The average Bonchev–Trinajstić information content (AvgIpc) is 2.81. The molecule has 10 heteroatoms. The molecule has 1 saturated heterocycles. The molecular weight excluding hydrogens is 459 g/mol. The van der Waals surface area contributed by atoms with E-state index in [1.807, 2.05) is 63.7 Å². The van der Waals surface area contributed by atoms with Crippen molar-refractivity contribution in [2.45, 2.75) is 52.0 Å². The summed E-state index contributed by atoms with van der Waals surface area (Å²) in [5.41, 5.74) is 0.775. The summed E-state index contributed by atoms with van der Waals surface area (Å²) in [6.45, 7) is 9.05. The number of nitrogens with zero attached hydrogens (tertiary/aromatic N) is 3. The molecule has 1 aliphatic rings. The van der Waals surface area contributed by atoms with Crippen LogP contribution in [0.5, 0.6) is 0 Å². The number of ether oxygens (including phenoxy) is 1. The number of benzene rings is 1. The molecule has 1 fully saturated rings. The van der Waals surface area contributed by atoms with Crippen LogP contribution in [0.1, 0.15) is 44.9 Å². The second kappa shape index (κ2) is 12.7. The van der Waals surface area contributed by atoms with Crippen LogP contribution in [-0.4, -0.2) is 61.9 Å². The van der Waals surface area contributed by atoms with Crippen LogP contribution in [0.2, 0.25) is 0 Å². The van der Waals surface area contributed by atoms with E-state index >= 15 is 0 Å². The number of amides is 2. The van der Waals surface area contributed by atoms with Crippen LogP contribution < -0.4 is 15.5 Å². The fourth-order valence-corrected chi connectivity index (χ4v) is 4.06. The number of urea groups is 1. The molecule has 7 nitrogen and oxygen atoms in total. The summed E-state index contributed by atoms with van der Waals surface area (Å²) in [7, 11) is 3.77. The van der Waals surface area contributed by atoms with E-state index in [9.17, 15) is 18.0 Å². The van der Waals surface area contributed by atoms with Crippen LogP contribution >= 0.6 is 0 Å². The van der Waals surface area contributed by atoms with Crippen molar-refractivity contribution in [1.29, 1.82) is 0 Å². The van der Waals surface area contributed by atoms with Gasteiger partial charge in [0.05, 0.1) is 36.2 Å². The molecule has 1 aromatic carbocycles. The van der Waals surface area contributed by atoms with Crippen molar-refractivity contribution in [3.63, 3.8) is 0 Å². The topological polar surface area (TPSA) is 69.7 Å². The largest absolute Gasteiger partial charge is 0.416 e. The van der Waals surface area contributed by atoms with Gasteiger partial charge in [-0.3, -0.25) is 4.98 Å². The molecule has 3 atom stereocenters. The predicted octanol–water partition coefficient (Wildman–Crippen LogP) is 5.16. The number of morpholine rings is 1. The molecule has 1 aromatic heterocycles. The standard InChI is InChI=1S/C23H30F3N5O2.C2H6/c1-15-13-33-14-16(2)31(15)20-6-5-18(23(24,25)26)11-19(20)29-22(32)28-12-21(30(3)4)17-7-9-27-10-8-17;1-2/h5-11,15-16,21H,12-14H2,1-4H3,(H2,28,29,32);1-2H3. The molecule has 0 aliphatic carbocycles. The maximum absolute atomic E-state index is 13.4. The number of rotatable bonds is 6. The summed E-state index contributed by atoms with van der Waals surface area (Å²) in [6.07, 6.45) is -1.18. The van der Waals surface area contributed by atoms with Gasteiger partial charge < -0.3 is 25.2 Å². The van der Waals surface area contributed by atoms with E-state index < -0.39 is 17.8 Å². The first-order valence-corrected chi connectivity index (χ1v) is 11.8. The summed E-state index contributed by atoms with van der Waals surface area (Å²) in [4.78, 5) is 20.7. The Morgan fingerprint density at radius 1 is 1.14 bits per heavy atom. The minimum absolute atomic E-state index is 0.0566. The van der Waals surface area contributed by atoms with Crippen LogP contribution in [0, 0.1) is 0 Å². The summed E-state index contributed by atoms with van der Waals surface area (Å²) < 4.78 is 45.7. The third-order valence-corrected chi connectivity index (χ3v) is 5.69. The third-order valence-electron chi connectivity index (χ3n) is 5.69. The van der Waals surface area contributed by atoms with Gasteiger partial charge in [-0.25, -0.2) is 4.79 Å². The summed E-state index contributed by atoms with van der Waals surface area (Å²) in [6, 6.07) is 6.33. The molecule has 35 heavy (non-hydrogen) atoms. The number of likely N-dealkylation sites (N-methyl/N-ethyl adjacent to an activating group) is 1. The average molecular weight is 496 g/mol. The fraction of sp³-hybridized carbons (Fsp3) is 0.520. The molecule has 2 N–H and O–H groups in total. The van der Waals surface area contributed by atoms with Gasteiger partial charge in [-0.15, -0.1) is 0 Å². The second-order valence-corrected chi connectivity index (χ2v) is 8.47. The van der Waals surface area contributed by atoms with Crippen molar-refractivity contribution in [2.24, 2.45) is 0 Å². The Morgan fingerprint density at radius 3 is 2.29 bits per heavy atom. The van der Waals surface area contributed by atoms with Crippen LogP contribution in [-0.2, 0) is 10.9 Å². The maximum atomic E-state index is 13.4. The van der Waals surface area contributed by atoms with E-state index in [2.05, 4.69) is 15.6 Å². The minimum atomic E-state index is -4.52. The molecule has 0 spiro atoms. The first-order valence-electron chi connectivity index (χ1n) is 11.8. The zero-order chi connectivity index (χ0) is 26.2.